The number of aryl methyl sites for hydroxylation is 1. The molecule has 0 atom stereocenters. The molecule has 15 heteroatoms. The van der Waals surface area contributed by atoms with Crippen LogP contribution in [0.5, 0.6) is 17.2 Å². The number of ketones is 1. The average Bonchev–Trinajstić information content (AvgIpc) is 3.61. The smallest absolute Gasteiger partial charge is 0.387 e. The number of fused-ring (bicyclic) bond motifs is 1. The third-order valence-corrected chi connectivity index (χ3v) is 9.02. The summed E-state index contributed by atoms with van der Waals surface area (Å²) in [5, 5.41) is 4.75. The average molecular weight is 655 g/mol. The quantitative estimate of drug-likeness (QED) is 0.210. The summed E-state index contributed by atoms with van der Waals surface area (Å²) in [7, 11) is -3.39. The summed E-state index contributed by atoms with van der Waals surface area (Å²) in [4.78, 5) is 18.4. The van der Waals surface area contributed by atoms with Crippen molar-refractivity contribution in [3.05, 3.63) is 89.5 Å². The number of rotatable bonds is 9. The van der Waals surface area contributed by atoms with Crippen molar-refractivity contribution in [1.29, 1.82) is 0 Å². The van der Waals surface area contributed by atoms with E-state index in [-0.39, 0.29) is 54.8 Å². The zero-order valence-corrected chi connectivity index (χ0v) is 25.5. The van der Waals surface area contributed by atoms with Crippen LogP contribution in [-0.4, -0.2) is 72.3 Å². The molecule has 5 aromatic rings. The summed E-state index contributed by atoms with van der Waals surface area (Å²) in [6.45, 7) is -0.427. The second-order valence-electron chi connectivity index (χ2n) is 10.8. The van der Waals surface area contributed by atoms with Crippen LogP contribution in [0, 0.1) is 12.7 Å². The molecule has 3 N–H and O–H groups in total. The molecule has 1 aliphatic heterocycles. The Kier molecular flexibility index (Phi) is 8.12. The monoisotopic (exact) mass is 654 g/mol. The normalized spacial score (nSPS) is 14.3. The number of halogens is 3. The lowest BCUT2D eigenvalue weighted by atomic mass is 10.1. The highest BCUT2D eigenvalue weighted by atomic mass is 32.2. The van der Waals surface area contributed by atoms with Gasteiger partial charge in [0.25, 0.3) is 0 Å². The van der Waals surface area contributed by atoms with Crippen LogP contribution in [0.4, 0.5) is 24.7 Å². The predicted molar refractivity (Wildman–Crippen MR) is 166 cm³/mol. The van der Waals surface area contributed by atoms with Gasteiger partial charge in [0.2, 0.25) is 15.8 Å². The Labute approximate surface area is 262 Å². The van der Waals surface area contributed by atoms with Gasteiger partial charge >= 0.3 is 6.61 Å². The molecule has 0 spiro atoms. The molecule has 1 fully saturated rings. The second kappa shape index (κ2) is 12.1. The number of aromatic nitrogens is 3. The highest BCUT2D eigenvalue weighted by molar-refractivity contribution is 7.88. The number of alkyl halides is 2. The number of nitrogens with two attached hydrogens (primary N) is 1. The Balaban J connectivity index is 1.26. The molecule has 0 bridgehead atoms. The van der Waals surface area contributed by atoms with Crippen LogP contribution in [0.25, 0.3) is 16.6 Å². The number of anilines is 2. The first-order valence-corrected chi connectivity index (χ1v) is 16.0. The standard InChI is InChI=1S/C31H29F3N6O5S/c1-18-13-20(7-8-26(18)44-27-6-4-3-5-22(27)32)40-30(35)21(17-36-40)29(41)24-14-19-15-28(45-31(33)34)25(16-23(19)37-24)38-9-11-39(12-10-38)46(2,42)43/h3-8,13-17,31,37H,9-12,35H2,1-2H3. The van der Waals surface area contributed by atoms with Crippen molar-refractivity contribution in [3.63, 3.8) is 0 Å². The van der Waals surface area contributed by atoms with Crippen molar-refractivity contribution in [1.82, 2.24) is 19.1 Å². The minimum atomic E-state index is -3.39. The van der Waals surface area contributed by atoms with Gasteiger partial charge in [-0.05, 0) is 61.0 Å². The molecule has 0 aliphatic carbocycles. The lowest BCUT2D eigenvalue weighted by Crippen LogP contribution is -2.48. The zero-order valence-electron chi connectivity index (χ0n) is 24.7. The summed E-state index contributed by atoms with van der Waals surface area (Å²) in [6, 6.07) is 15.6. The number of benzene rings is 3. The van der Waals surface area contributed by atoms with E-state index in [4.69, 9.17) is 15.2 Å². The number of H-pyrrole nitrogens is 1. The van der Waals surface area contributed by atoms with E-state index < -0.39 is 28.2 Å². The van der Waals surface area contributed by atoms with Gasteiger partial charge in [-0.15, -0.1) is 0 Å². The van der Waals surface area contributed by atoms with Gasteiger partial charge < -0.3 is 25.1 Å². The number of nitrogens with one attached hydrogen (secondary N) is 1. The number of para-hydroxylation sites is 1. The van der Waals surface area contributed by atoms with Crippen LogP contribution in [0.15, 0.2) is 66.9 Å². The second-order valence-corrected chi connectivity index (χ2v) is 12.8. The summed E-state index contributed by atoms with van der Waals surface area (Å²) >= 11 is 0. The Hall–Kier alpha value is -5.02. The van der Waals surface area contributed by atoms with Crippen molar-refractivity contribution in [2.24, 2.45) is 0 Å². The molecule has 1 saturated heterocycles. The van der Waals surface area contributed by atoms with E-state index in [9.17, 15) is 26.4 Å². The molecule has 6 rings (SSSR count). The van der Waals surface area contributed by atoms with E-state index in [2.05, 4.69) is 10.1 Å². The minimum Gasteiger partial charge on any atom is -0.454 e. The summed E-state index contributed by atoms with van der Waals surface area (Å²) in [5.74, 6) is -0.492. The molecule has 0 unspecified atom stereocenters. The van der Waals surface area contributed by atoms with E-state index in [1.54, 1.807) is 48.2 Å². The number of hydrogen-bond donors (Lipinski definition) is 2. The number of piperazine rings is 1. The first kappa shape index (κ1) is 31.0. The van der Waals surface area contributed by atoms with E-state index in [0.29, 0.717) is 33.6 Å². The van der Waals surface area contributed by atoms with Crippen LogP contribution in [0.2, 0.25) is 0 Å². The first-order chi connectivity index (χ1) is 21.9. The van der Waals surface area contributed by atoms with Crippen molar-refractivity contribution in [2.75, 3.05) is 43.1 Å². The van der Waals surface area contributed by atoms with E-state index in [0.717, 1.165) is 6.26 Å². The third kappa shape index (κ3) is 6.10. The van der Waals surface area contributed by atoms with Crippen molar-refractivity contribution in [2.45, 2.75) is 13.5 Å². The van der Waals surface area contributed by atoms with Gasteiger partial charge in [0.15, 0.2) is 11.6 Å². The molecule has 1 aliphatic rings. The van der Waals surface area contributed by atoms with Gasteiger partial charge in [-0.2, -0.15) is 18.2 Å². The van der Waals surface area contributed by atoms with E-state index in [1.807, 2.05) is 0 Å². The number of nitrogens with zero attached hydrogens (tertiary/aromatic N) is 4. The molecule has 240 valence electrons. The number of ether oxygens (including phenoxy) is 2. The minimum absolute atomic E-state index is 0.0667. The maximum Gasteiger partial charge on any atom is 0.387 e. The largest absolute Gasteiger partial charge is 0.454 e. The fraction of sp³-hybridized carbons (Fsp3) is 0.226. The van der Waals surface area contributed by atoms with Gasteiger partial charge in [-0.1, -0.05) is 12.1 Å². The fourth-order valence-electron chi connectivity index (χ4n) is 5.38. The highest BCUT2D eigenvalue weighted by Crippen LogP contribution is 2.36. The Bertz CT molecular complexity index is 2050. The predicted octanol–water partition coefficient (Wildman–Crippen LogP) is 5.09. The molecule has 0 saturated carbocycles. The van der Waals surface area contributed by atoms with Crippen LogP contribution in [-0.2, 0) is 10.0 Å². The van der Waals surface area contributed by atoms with Crippen molar-refractivity contribution < 1.29 is 35.9 Å². The molecule has 0 radical (unpaired) electrons. The van der Waals surface area contributed by atoms with Gasteiger partial charge in [0.05, 0.1) is 35.1 Å². The summed E-state index contributed by atoms with van der Waals surface area (Å²) in [6.07, 6.45) is 2.45. The van der Waals surface area contributed by atoms with Crippen LogP contribution >= 0.6 is 0 Å². The van der Waals surface area contributed by atoms with Gasteiger partial charge in [0.1, 0.15) is 17.3 Å². The molecule has 11 nitrogen and oxygen atoms in total. The van der Waals surface area contributed by atoms with Gasteiger partial charge in [0, 0.05) is 37.1 Å². The topological polar surface area (TPSA) is 136 Å². The third-order valence-electron chi connectivity index (χ3n) is 7.72. The molecular weight excluding hydrogens is 625 g/mol. The molecular formula is C31H29F3N6O5S. The summed E-state index contributed by atoms with van der Waals surface area (Å²) < 4.78 is 77.9. The van der Waals surface area contributed by atoms with Crippen LogP contribution in [0.1, 0.15) is 21.6 Å². The van der Waals surface area contributed by atoms with Gasteiger partial charge in [-0.3, -0.25) is 4.79 Å². The maximum absolute atomic E-state index is 14.1. The molecule has 3 aromatic carbocycles. The lowest BCUT2D eigenvalue weighted by molar-refractivity contribution is -0.0494. The van der Waals surface area contributed by atoms with E-state index in [1.165, 1.54) is 39.4 Å². The van der Waals surface area contributed by atoms with Crippen LogP contribution < -0.4 is 20.1 Å². The first-order valence-electron chi connectivity index (χ1n) is 14.1. The van der Waals surface area contributed by atoms with E-state index >= 15 is 0 Å². The number of nitrogen functional groups attached to an aromatic ring is 1. The highest BCUT2D eigenvalue weighted by Gasteiger charge is 2.27. The molecule has 2 aromatic heterocycles. The van der Waals surface area contributed by atoms with Crippen molar-refractivity contribution >= 4 is 38.2 Å². The number of hydrogen-bond acceptors (Lipinski definition) is 8. The SMILES string of the molecule is Cc1cc(-n2ncc(C(=O)c3cc4cc(OC(F)F)c(N5CCN(S(C)(=O)=O)CC5)cc4[nH]3)c2N)ccc1Oc1ccccc1F. The Morgan fingerprint density at radius 3 is 2.41 bits per heavy atom. The molecule has 3 heterocycles. The molecule has 0 amide bonds. The lowest BCUT2D eigenvalue weighted by Gasteiger charge is -2.35. The summed E-state index contributed by atoms with van der Waals surface area (Å²) in [5.41, 5.74) is 8.67. The van der Waals surface area contributed by atoms with Crippen LogP contribution in [0.3, 0.4) is 0 Å². The number of aromatic amines is 1. The number of sulfonamides is 1. The molecule has 46 heavy (non-hydrogen) atoms. The maximum atomic E-state index is 14.1. The van der Waals surface area contributed by atoms with Crippen molar-refractivity contribution in [3.8, 4) is 22.9 Å². The number of carbonyl (C=O) groups is 1. The fourth-order valence-corrected chi connectivity index (χ4v) is 6.20. The number of carbonyl (C=O) groups excluding carboxylic acids is 1. The zero-order chi connectivity index (χ0) is 32.7. The Morgan fingerprint density at radius 2 is 1.74 bits per heavy atom. The van der Waals surface area contributed by atoms with Gasteiger partial charge in [-0.25, -0.2) is 17.5 Å². The Morgan fingerprint density at radius 1 is 1.00 bits per heavy atom.